The summed E-state index contributed by atoms with van der Waals surface area (Å²) in [6, 6.07) is 0. The van der Waals surface area contributed by atoms with Gasteiger partial charge in [-0.15, -0.1) is 12.4 Å². The highest BCUT2D eigenvalue weighted by Gasteiger charge is 2.15. The first-order valence-corrected chi connectivity index (χ1v) is 7.17. The number of ether oxygens (including phenoxy) is 1. The summed E-state index contributed by atoms with van der Waals surface area (Å²) in [4.78, 5) is 11.4. The molecule has 0 aliphatic heterocycles. The lowest BCUT2D eigenvalue weighted by Gasteiger charge is -2.19. The molecule has 0 N–H and O–H groups in total. The number of rotatable bonds is 9. The van der Waals surface area contributed by atoms with Crippen molar-refractivity contribution in [3.8, 4) is 0 Å². The van der Waals surface area contributed by atoms with Gasteiger partial charge in [0.05, 0.1) is 0 Å². The van der Waals surface area contributed by atoms with Gasteiger partial charge < -0.3 is 4.74 Å². The van der Waals surface area contributed by atoms with Gasteiger partial charge in [0.25, 0.3) is 0 Å². The third kappa shape index (κ3) is 15.8. The average Bonchev–Trinajstić information content (AvgIpc) is 2.19. The summed E-state index contributed by atoms with van der Waals surface area (Å²) in [7, 11) is 0. The van der Waals surface area contributed by atoms with E-state index in [-0.39, 0.29) is 24.0 Å². The van der Waals surface area contributed by atoms with E-state index >= 15 is 0 Å². The molecule has 0 spiro atoms. The lowest BCUT2D eigenvalue weighted by Crippen LogP contribution is -2.23. The lowest BCUT2D eigenvalue weighted by atomic mass is 10.1. The number of esters is 1. The fraction of sp³-hybridized carbons (Fsp3) is 0.933. The zero-order valence-corrected chi connectivity index (χ0v) is 13.4. The summed E-state index contributed by atoms with van der Waals surface area (Å²) < 4.78 is 5.26. The van der Waals surface area contributed by atoms with Crippen molar-refractivity contribution in [3.05, 3.63) is 0 Å². The van der Waals surface area contributed by atoms with Gasteiger partial charge in [-0.3, -0.25) is 4.79 Å². The van der Waals surface area contributed by atoms with Crippen LogP contribution in [-0.2, 0) is 9.53 Å². The molecule has 0 saturated heterocycles. The highest BCUT2D eigenvalue weighted by Crippen LogP contribution is 2.12. The molecule has 0 heterocycles. The van der Waals surface area contributed by atoms with Crippen LogP contribution in [0.4, 0.5) is 0 Å². The quantitative estimate of drug-likeness (QED) is 0.424. The maximum atomic E-state index is 11.4. The van der Waals surface area contributed by atoms with Crippen LogP contribution in [0.1, 0.15) is 85.5 Å². The molecule has 0 fully saturated rings. The predicted molar refractivity (Wildman–Crippen MR) is 80.3 cm³/mol. The van der Waals surface area contributed by atoms with Crippen molar-refractivity contribution in [1.29, 1.82) is 0 Å². The van der Waals surface area contributed by atoms with Gasteiger partial charge in [0.2, 0.25) is 0 Å². The van der Waals surface area contributed by atoms with Gasteiger partial charge in [-0.05, 0) is 27.2 Å². The van der Waals surface area contributed by atoms with Gasteiger partial charge in [0, 0.05) is 6.42 Å². The van der Waals surface area contributed by atoms with Crippen LogP contribution in [0.2, 0.25) is 0 Å². The third-order valence-electron chi connectivity index (χ3n) is 2.65. The molecule has 0 aromatic rings. The molecule has 0 aromatic heterocycles. The number of carbonyl (C=O) groups excluding carboxylic acids is 1. The highest BCUT2D eigenvalue weighted by molar-refractivity contribution is 5.85. The molecule has 0 unspecified atom stereocenters. The SMILES string of the molecule is CCCCCCCCCCC(=O)OC(C)(C)C.Cl. The second kappa shape index (κ2) is 11.8. The molecule has 0 aromatic carbocycles. The molecule has 3 heteroatoms. The number of carbonyl (C=O) groups is 1. The van der Waals surface area contributed by atoms with Gasteiger partial charge in [-0.2, -0.15) is 0 Å². The Hall–Kier alpha value is -0.240. The molecule has 18 heavy (non-hydrogen) atoms. The summed E-state index contributed by atoms with van der Waals surface area (Å²) in [5, 5.41) is 0. The summed E-state index contributed by atoms with van der Waals surface area (Å²) in [6.45, 7) is 7.98. The van der Waals surface area contributed by atoms with Crippen molar-refractivity contribution in [2.45, 2.75) is 91.1 Å². The zero-order valence-electron chi connectivity index (χ0n) is 12.6. The molecule has 0 radical (unpaired) electrons. The molecule has 0 saturated carbocycles. The minimum absolute atomic E-state index is 0. The number of hydrogen-bond acceptors (Lipinski definition) is 2. The Morgan fingerprint density at radius 2 is 1.33 bits per heavy atom. The lowest BCUT2D eigenvalue weighted by molar-refractivity contribution is -0.154. The molecule has 0 rings (SSSR count). The van der Waals surface area contributed by atoms with Crippen LogP contribution in [-0.4, -0.2) is 11.6 Å². The van der Waals surface area contributed by atoms with E-state index in [4.69, 9.17) is 4.74 Å². The number of halogens is 1. The minimum Gasteiger partial charge on any atom is -0.460 e. The normalized spacial score (nSPS) is 10.9. The number of hydrogen-bond donors (Lipinski definition) is 0. The van der Waals surface area contributed by atoms with Gasteiger partial charge in [-0.1, -0.05) is 51.9 Å². The molecule has 0 bridgehead atoms. The van der Waals surface area contributed by atoms with E-state index in [0.717, 1.165) is 12.8 Å². The first-order valence-electron chi connectivity index (χ1n) is 7.17. The van der Waals surface area contributed by atoms with Crippen LogP contribution in [0.5, 0.6) is 0 Å². The van der Waals surface area contributed by atoms with E-state index in [2.05, 4.69) is 6.92 Å². The summed E-state index contributed by atoms with van der Waals surface area (Å²) >= 11 is 0. The standard InChI is InChI=1S/C15H30O2.ClH/c1-5-6-7-8-9-10-11-12-13-14(16)17-15(2,3)4;/h5-13H2,1-4H3;1H. The van der Waals surface area contributed by atoms with Crippen molar-refractivity contribution in [2.24, 2.45) is 0 Å². The largest absolute Gasteiger partial charge is 0.460 e. The summed E-state index contributed by atoms with van der Waals surface area (Å²) in [5.74, 6) is -0.0523. The fourth-order valence-electron chi connectivity index (χ4n) is 1.80. The predicted octanol–water partition coefficient (Wildman–Crippen LogP) is 5.28. The molecular weight excluding hydrogens is 248 g/mol. The second-order valence-corrected chi connectivity index (χ2v) is 5.81. The van der Waals surface area contributed by atoms with E-state index in [1.54, 1.807) is 0 Å². The van der Waals surface area contributed by atoms with Crippen LogP contribution >= 0.6 is 12.4 Å². The topological polar surface area (TPSA) is 26.3 Å². The first kappa shape index (κ1) is 20.1. The maximum Gasteiger partial charge on any atom is 0.306 e. The van der Waals surface area contributed by atoms with Crippen molar-refractivity contribution in [2.75, 3.05) is 0 Å². The molecule has 0 aliphatic carbocycles. The van der Waals surface area contributed by atoms with Crippen molar-refractivity contribution in [1.82, 2.24) is 0 Å². The van der Waals surface area contributed by atoms with Crippen LogP contribution in [0.3, 0.4) is 0 Å². The Morgan fingerprint density at radius 1 is 0.889 bits per heavy atom. The van der Waals surface area contributed by atoms with E-state index in [1.165, 1.54) is 38.5 Å². The molecule has 110 valence electrons. The average molecular weight is 279 g/mol. The van der Waals surface area contributed by atoms with Crippen LogP contribution < -0.4 is 0 Å². The highest BCUT2D eigenvalue weighted by atomic mass is 35.5. The van der Waals surface area contributed by atoms with E-state index in [9.17, 15) is 4.79 Å². The van der Waals surface area contributed by atoms with Crippen LogP contribution in [0.15, 0.2) is 0 Å². The van der Waals surface area contributed by atoms with E-state index in [0.29, 0.717) is 6.42 Å². The zero-order chi connectivity index (χ0) is 13.1. The second-order valence-electron chi connectivity index (χ2n) is 5.81. The summed E-state index contributed by atoms with van der Waals surface area (Å²) in [5.41, 5.74) is -0.336. The van der Waals surface area contributed by atoms with Crippen molar-refractivity contribution < 1.29 is 9.53 Å². The molecule has 0 amide bonds. The first-order chi connectivity index (χ1) is 7.95. The fourth-order valence-corrected chi connectivity index (χ4v) is 1.80. The van der Waals surface area contributed by atoms with Crippen LogP contribution in [0.25, 0.3) is 0 Å². The summed E-state index contributed by atoms with van der Waals surface area (Å²) in [6.07, 6.45) is 10.7. The molecule has 0 atom stereocenters. The Labute approximate surface area is 119 Å². The minimum atomic E-state index is -0.336. The van der Waals surface area contributed by atoms with Crippen molar-refractivity contribution in [3.63, 3.8) is 0 Å². The van der Waals surface area contributed by atoms with Gasteiger partial charge >= 0.3 is 5.97 Å². The van der Waals surface area contributed by atoms with E-state index in [1.807, 2.05) is 20.8 Å². The van der Waals surface area contributed by atoms with E-state index < -0.39 is 0 Å². The molecule has 0 aliphatic rings. The monoisotopic (exact) mass is 278 g/mol. The Kier molecular flexibility index (Phi) is 13.2. The van der Waals surface area contributed by atoms with Crippen molar-refractivity contribution >= 4 is 18.4 Å². The third-order valence-corrected chi connectivity index (χ3v) is 2.65. The maximum absolute atomic E-state index is 11.4. The smallest absolute Gasteiger partial charge is 0.306 e. The van der Waals surface area contributed by atoms with Gasteiger partial charge in [0.1, 0.15) is 5.60 Å². The van der Waals surface area contributed by atoms with Crippen LogP contribution in [0, 0.1) is 0 Å². The van der Waals surface area contributed by atoms with Gasteiger partial charge in [-0.25, -0.2) is 0 Å². The Balaban J connectivity index is 0. The molecule has 2 nitrogen and oxygen atoms in total. The molecular formula is C15H31ClO2. The Morgan fingerprint density at radius 3 is 1.78 bits per heavy atom. The van der Waals surface area contributed by atoms with Gasteiger partial charge in [0.15, 0.2) is 0 Å². The number of unbranched alkanes of at least 4 members (excludes halogenated alkanes) is 7. The Bertz CT molecular complexity index is 197.